The van der Waals surface area contributed by atoms with Crippen LogP contribution < -0.4 is 4.74 Å². The van der Waals surface area contributed by atoms with Crippen molar-refractivity contribution in [2.75, 3.05) is 39.9 Å². The summed E-state index contributed by atoms with van der Waals surface area (Å²) in [6.45, 7) is 5.36. The van der Waals surface area contributed by atoms with E-state index in [0.717, 1.165) is 50.2 Å². The van der Waals surface area contributed by atoms with Crippen LogP contribution in [0.25, 0.3) is 0 Å². The second-order valence-corrected chi connectivity index (χ2v) is 7.46. The molecule has 2 fully saturated rings. The number of carbonyl (C=O) groups is 1. The largest absolute Gasteiger partial charge is 0.494 e. The number of amides is 1. The van der Waals surface area contributed by atoms with Crippen LogP contribution in [0, 0.1) is 5.41 Å². The molecule has 0 spiro atoms. The van der Waals surface area contributed by atoms with Gasteiger partial charge >= 0.3 is 0 Å². The summed E-state index contributed by atoms with van der Waals surface area (Å²) in [4.78, 5) is 17.1. The Morgan fingerprint density at radius 3 is 2.72 bits per heavy atom. The zero-order valence-corrected chi connectivity index (χ0v) is 15.4. The molecule has 2 aliphatic rings. The van der Waals surface area contributed by atoms with E-state index in [0.29, 0.717) is 13.0 Å². The lowest BCUT2D eigenvalue weighted by Crippen LogP contribution is -2.62. The van der Waals surface area contributed by atoms with E-state index < -0.39 is 0 Å². The molecule has 0 radical (unpaired) electrons. The number of hydrogen-bond acceptors (Lipinski definition) is 4. The lowest BCUT2D eigenvalue weighted by Gasteiger charge is -2.53. The van der Waals surface area contributed by atoms with Crippen LogP contribution in [-0.2, 0) is 11.2 Å². The topological polar surface area (TPSA) is 53.0 Å². The molecule has 0 saturated carbocycles. The summed E-state index contributed by atoms with van der Waals surface area (Å²) in [5.41, 5.74) is 0.993. The van der Waals surface area contributed by atoms with E-state index in [9.17, 15) is 9.90 Å². The lowest BCUT2D eigenvalue weighted by atomic mass is 9.69. The Morgan fingerprint density at radius 2 is 2.04 bits per heavy atom. The molecule has 3 rings (SSSR count). The first-order valence-corrected chi connectivity index (χ1v) is 9.38. The average Bonchev–Trinajstić information content (AvgIpc) is 2.63. The van der Waals surface area contributed by atoms with Crippen LogP contribution in [0.1, 0.15) is 31.7 Å². The molecular weight excluding hydrogens is 316 g/mol. The van der Waals surface area contributed by atoms with Crippen molar-refractivity contribution in [2.45, 2.75) is 38.6 Å². The van der Waals surface area contributed by atoms with Gasteiger partial charge < -0.3 is 19.6 Å². The quantitative estimate of drug-likeness (QED) is 0.885. The van der Waals surface area contributed by atoms with Gasteiger partial charge in [0.15, 0.2) is 0 Å². The maximum absolute atomic E-state index is 12.8. The summed E-state index contributed by atoms with van der Waals surface area (Å²) in [5.74, 6) is 1.02. The third-order valence-corrected chi connectivity index (χ3v) is 5.95. The minimum atomic E-state index is -0.0249. The van der Waals surface area contributed by atoms with Crippen molar-refractivity contribution >= 4 is 5.91 Å². The van der Waals surface area contributed by atoms with E-state index >= 15 is 0 Å². The molecule has 1 amide bonds. The van der Waals surface area contributed by atoms with Gasteiger partial charge in [-0.25, -0.2) is 0 Å². The van der Waals surface area contributed by atoms with Crippen molar-refractivity contribution in [2.24, 2.45) is 5.41 Å². The maximum atomic E-state index is 12.8. The highest BCUT2D eigenvalue weighted by atomic mass is 16.5. The molecule has 2 saturated heterocycles. The van der Waals surface area contributed by atoms with Gasteiger partial charge in [-0.05, 0) is 57.5 Å². The fourth-order valence-corrected chi connectivity index (χ4v) is 4.40. The van der Waals surface area contributed by atoms with E-state index in [1.165, 1.54) is 0 Å². The Morgan fingerprint density at radius 1 is 1.28 bits per heavy atom. The van der Waals surface area contributed by atoms with Gasteiger partial charge in [0.1, 0.15) is 5.75 Å². The third-order valence-electron chi connectivity index (χ3n) is 5.95. The normalized spacial score (nSPS) is 27.0. The Kier molecular flexibility index (Phi) is 5.64. The minimum absolute atomic E-state index is 0.0249. The highest BCUT2D eigenvalue weighted by Gasteiger charge is 2.47. The fraction of sp³-hybridized carbons (Fsp3) is 0.650. The van der Waals surface area contributed by atoms with E-state index in [1.54, 1.807) is 0 Å². The van der Waals surface area contributed by atoms with Gasteiger partial charge in [-0.15, -0.1) is 0 Å². The number of aliphatic hydroxyl groups is 1. The molecular formula is C20H30N2O3. The first-order valence-electron chi connectivity index (χ1n) is 9.38. The average molecular weight is 346 g/mol. The highest BCUT2D eigenvalue weighted by molar-refractivity contribution is 5.79. The van der Waals surface area contributed by atoms with E-state index in [1.807, 2.05) is 36.1 Å². The molecule has 5 nitrogen and oxygen atoms in total. The molecule has 0 aromatic heterocycles. The van der Waals surface area contributed by atoms with E-state index in [4.69, 9.17) is 4.74 Å². The Balaban J connectivity index is 1.63. The fourth-order valence-electron chi connectivity index (χ4n) is 4.40. The van der Waals surface area contributed by atoms with E-state index in [2.05, 4.69) is 11.9 Å². The first-order chi connectivity index (χ1) is 12.1. The molecule has 1 aromatic rings. The standard InChI is InChI=1S/C20H30N2O3/c1-3-25-17-7-5-16(6-8-17)13-19(24)22-12-10-20(15-23)9-4-11-21(2)18(20)14-22/h5-8,18,23H,3-4,9-15H2,1-2H3/t18-,20-/m1/s1. The predicted molar refractivity (Wildman–Crippen MR) is 97.7 cm³/mol. The highest BCUT2D eigenvalue weighted by Crippen LogP contribution is 2.41. The number of likely N-dealkylation sites (N-methyl/N-ethyl adjacent to an activating group) is 1. The molecule has 1 aromatic carbocycles. The molecule has 25 heavy (non-hydrogen) atoms. The second-order valence-electron chi connectivity index (χ2n) is 7.46. The van der Waals surface area contributed by atoms with Crippen LogP contribution in [0.5, 0.6) is 5.75 Å². The van der Waals surface area contributed by atoms with Gasteiger partial charge in [-0.2, -0.15) is 0 Å². The molecule has 0 bridgehead atoms. The van der Waals surface area contributed by atoms with Crippen molar-refractivity contribution in [3.8, 4) is 5.75 Å². The van der Waals surface area contributed by atoms with Gasteiger partial charge in [-0.1, -0.05) is 12.1 Å². The Hall–Kier alpha value is -1.59. The number of piperidine rings is 2. The van der Waals surface area contributed by atoms with Crippen LogP contribution in [-0.4, -0.2) is 66.8 Å². The molecule has 5 heteroatoms. The van der Waals surface area contributed by atoms with Crippen molar-refractivity contribution in [1.29, 1.82) is 0 Å². The van der Waals surface area contributed by atoms with Crippen LogP contribution in [0.15, 0.2) is 24.3 Å². The summed E-state index contributed by atoms with van der Waals surface area (Å²) in [7, 11) is 2.12. The summed E-state index contributed by atoms with van der Waals surface area (Å²) in [5, 5.41) is 9.98. The van der Waals surface area contributed by atoms with Gasteiger partial charge in [-0.3, -0.25) is 4.79 Å². The van der Waals surface area contributed by atoms with Crippen molar-refractivity contribution < 1.29 is 14.6 Å². The summed E-state index contributed by atoms with van der Waals surface area (Å²) in [6.07, 6.45) is 3.52. The second kappa shape index (κ2) is 7.75. The maximum Gasteiger partial charge on any atom is 0.227 e. The zero-order valence-electron chi connectivity index (χ0n) is 15.4. The van der Waals surface area contributed by atoms with Gasteiger partial charge in [0.05, 0.1) is 19.6 Å². The molecule has 0 unspecified atom stereocenters. The molecule has 2 heterocycles. The smallest absolute Gasteiger partial charge is 0.227 e. The summed E-state index contributed by atoms with van der Waals surface area (Å²) in [6, 6.07) is 8.06. The molecule has 0 aliphatic carbocycles. The molecule has 2 atom stereocenters. The number of nitrogens with zero attached hydrogens (tertiary/aromatic N) is 2. The molecule has 1 N–H and O–H groups in total. The van der Waals surface area contributed by atoms with Crippen molar-refractivity contribution in [3.05, 3.63) is 29.8 Å². The molecule has 2 aliphatic heterocycles. The number of benzene rings is 1. The first kappa shape index (κ1) is 18.2. The van der Waals surface area contributed by atoms with Crippen LogP contribution in [0.2, 0.25) is 0 Å². The number of fused-ring (bicyclic) bond motifs is 1. The number of rotatable bonds is 5. The summed E-state index contributed by atoms with van der Waals surface area (Å²) >= 11 is 0. The number of ether oxygens (including phenoxy) is 1. The van der Waals surface area contributed by atoms with Gasteiger partial charge in [0.25, 0.3) is 0 Å². The number of aliphatic hydroxyl groups excluding tert-OH is 1. The predicted octanol–water partition coefficient (Wildman–Crippen LogP) is 1.93. The van der Waals surface area contributed by atoms with E-state index in [-0.39, 0.29) is 24.0 Å². The Labute approximate surface area is 150 Å². The van der Waals surface area contributed by atoms with Crippen molar-refractivity contribution in [1.82, 2.24) is 9.80 Å². The number of carbonyl (C=O) groups excluding carboxylic acids is 1. The van der Waals surface area contributed by atoms with Gasteiger partial charge in [0, 0.05) is 24.5 Å². The van der Waals surface area contributed by atoms with Gasteiger partial charge in [0.2, 0.25) is 5.91 Å². The lowest BCUT2D eigenvalue weighted by molar-refractivity contribution is -0.139. The number of hydrogen-bond donors (Lipinski definition) is 1. The zero-order chi connectivity index (χ0) is 17.9. The monoisotopic (exact) mass is 346 g/mol. The molecule has 138 valence electrons. The van der Waals surface area contributed by atoms with Crippen LogP contribution >= 0.6 is 0 Å². The minimum Gasteiger partial charge on any atom is -0.494 e. The Bertz CT molecular complexity index is 589. The summed E-state index contributed by atoms with van der Waals surface area (Å²) < 4.78 is 5.45. The van der Waals surface area contributed by atoms with Crippen molar-refractivity contribution in [3.63, 3.8) is 0 Å². The SMILES string of the molecule is CCOc1ccc(CC(=O)N2CC[C@@]3(CO)CCCN(C)[C@@H]3C2)cc1. The van der Waals surface area contributed by atoms with Crippen LogP contribution in [0.4, 0.5) is 0 Å². The number of likely N-dealkylation sites (tertiary alicyclic amines) is 2. The third kappa shape index (κ3) is 3.82. The van der Waals surface area contributed by atoms with Crippen LogP contribution in [0.3, 0.4) is 0 Å².